The van der Waals surface area contributed by atoms with Gasteiger partial charge in [0.05, 0.1) is 25.7 Å². The van der Waals surface area contributed by atoms with Gasteiger partial charge in [0.15, 0.2) is 5.96 Å². The fraction of sp³-hybridized carbons (Fsp3) is 0.333. The van der Waals surface area contributed by atoms with Crippen molar-refractivity contribution < 1.29 is 13.9 Å². The number of nitrogens with zero attached hydrogens (tertiary/aromatic N) is 3. The van der Waals surface area contributed by atoms with Crippen molar-refractivity contribution in [1.82, 2.24) is 20.2 Å². The molecular weight excluding hydrogens is 536 g/mol. The van der Waals surface area contributed by atoms with Gasteiger partial charge in [-0.3, -0.25) is 0 Å². The standard InChI is InChI=1S/C24H30FN5O2.HI/c1-3-32-14-4-11-27-24(28-16-19-5-8-21(31-2)9-6-19)29-17-20-7-10-23(22(25)15-20)30-13-12-26-18-30;/h5-10,12-13,15,18H,3-4,11,14,16-17H2,1-2H3,(H2,27,28,29);1H. The Hall–Kier alpha value is -2.66. The molecule has 3 rings (SSSR count). The van der Waals surface area contributed by atoms with Crippen molar-refractivity contribution in [3.63, 3.8) is 0 Å². The second-order valence-electron chi connectivity index (χ2n) is 7.10. The average molecular weight is 567 g/mol. The second kappa shape index (κ2) is 14.5. The first-order chi connectivity index (χ1) is 15.7. The molecule has 0 unspecified atom stereocenters. The highest BCUT2D eigenvalue weighted by Gasteiger charge is 2.06. The number of ether oxygens (including phenoxy) is 2. The average Bonchev–Trinajstić information content (AvgIpc) is 3.35. The van der Waals surface area contributed by atoms with Crippen molar-refractivity contribution in [1.29, 1.82) is 0 Å². The van der Waals surface area contributed by atoms with E-state index in [1.54, 1.807) is 36.5 Å². The number of rotatable bonds is 11. The Bertz CT molecular complexity index is 981. The fourth-order valence-corrected chi connectivity index (χ4v) is 3.06. The van der Waals surface area contributed by atoms with Crippen molar-refractivity contribution in [2.45, 2.75) is 26.4 Å². The number of imidazole rings is 1. The highest BCUT2D eigenvalue weighted by Crippen LogP contribution is 2.15. The maximum atomic E-state index is 14.5. The lowest BCUT2D eigenvalue weighted by molar-refractivity contribution is 0.145. The quantitative estimate of drug-likeness (QED) is 0.157. The van der Waals surface area contributed by atoms with Gasteiger partial charge in [0.2, 0.25) is 0 Å². The molecule has 0 spiro atoms. The first kappa shape index (κ1) is 26.6. The van der Waals surface area contributed by atoms with Crippen molar-refractivity contribution in [2.24, 2.45) is 4.99 Å². The zero-order chi connectivity index (χ0) is 22.6. The van der Waals surface area contributed by atoms with E-state index < -0.39 is 0 Å². The molecule has 0 bridgehead atoms. The molecule has 9 heteroatoms. The third-order valence-electron chi connectivity index (χ3n) is 4.80. The third-order valence-corrected chi connectivity index (χ3v) is 4.80. The predicted octanol–water partition coefficient (Wildman–Crippen LogP) is 4.30. The summed E-state index contributed by atoms with van der Waals surface area (Å²) in [5.41, 5.74) is 2.35. The monoisotopic (exact) mass is 567 g/mol. The molecule has 0 amide bonds. The van der Waals surface area contributed by atoms with Crippen LogP contribution in [0, 0.1) is 5.82 Å². The van der Waals surface area contributed by atoms with Crippen LogP contribution in [-0.4, -0.2) is 42.4 Å². The third kappa shape index (κ3) is 8.65. The SMILES string of the molecule is CCOCCCNC(=NCc1ccc(-n2ccnc2)c(F)c1)NCc1ccc(OC)cc1.I. The van der Waals surface area contributed by atoms with Gasteiger partial charge in [-0.25, -0.2) is 14.4 Å². The summed E-state index contributed by atoms with van der Waals surface area (Å²) < 4.78 is 26.8. The van der Waals surface area contributed by atoms with Crippen LogP contribution in [0.2, 0.25) is 0 Å². The predicted molar refractivity (Wildman–Crippen MR) is 139 cm³/mol. The van der Waals surface area contributed by atoms with Crippen LogP contribution < -0.4 is 15.4 Å². The zero-order valence-corrected chi connectivity index (χ0v) is 21.3. The first-order valence-corrected chi connectivity index (χ1v) is 10.7. The van der Waals surface area contributed by atoms with E-state index in [-0.39, 0.29) is 29.8 Å². The number of hydrogen-bond acceptors (Lipinski definition) is 4. The molecule has 0 saturated heterocycles. The highest BCUT2D eigenvalue weighted by molar-refractivity contribution is 14.0. The van der Waals surface area contributed by atoms with Crippen LogP contribution in [0.25, 0.3) is 5.69 Å². The summed E-state index contributed by atoms with van der Waals surface area (Å²) in [6.07, 6.45) is 5.77. The Morgan fingerprint density at radius 3 is 2.58 bits per heavy atom. The van der Waals surface area contributed by atoms with E-state index in [1.807, 2.05) is 37.3 Å². The fourth-order valence-electron chi connectivity index (χ4n) is 3.06. The van der Waals surface area contributed by atoms with Crippen LogP contribution in [0.5, 0.6) is 5.75 Å². The van der Waals surface area contributed by atoms with Crippen LogP contribution in [0.3, 0.4) is 0 Å². The number of nitrogens with one attached hydrogen (secondary N) is 2. The number of benzene rings is 2. The lowest BCUT2D eigenvalue weighted by Gasteiger charge is -2.13. The van der Waals surface area contributed by atoms with Gasteiger partial charge >= 0.3 is 0 Å². The number of halogens is 2. The molecule has 0 aliphatic rings. The van der Waals surface area contributed by atoms with Crippen LogP contribution in [0.4, 0.5) is 4.39 Å². The van der Waals surface area contributed by atoms with E-state index in [0.29, 0.717) is 38.0 Å². The molecule has 0 fully saturated rings. The van der Waals surface area contributed by atoms with E-state index >= 15 is 0 Å². The zero-order valence-electron chi connectivity index (χ0n) is 19.0. The number of guanidine groups is 1. The summed E-state index contributed by atoms with van der Waals surface area (Å²) in [5, 5.41) is 6.65. The van der Waals surface area contributed by atoms with Gasteiger partial charge in [-0.2, -0.15) is 0 Å². The highest BCUT2D eigenvalue weighted by atomic mass is 127. The maximum Gasteiger partial charge on any atom is 0.191 e. The second-order valence-corrected chi connectivity index (χ2v) is 7.10. The van der Waals surface area contributed by atoms with E-state index in [1.165, 1.54) is 6.07 Å². The molecule has 33 heavy (non-hydrogen) atoms. The molecule has 7 nitrogen and oxygen atoms in total. The first-order valence-electron chi connectivity index (χ1n) is 10.7. The van der Waals surface area contributed by atoms with Gasteiger partial charge in [0, 0.05) is 38.7 Å². The number of methoxy groups -OCH3 is 1. The minimum absolute atomic E-state index is 0. The van der Waals surface area contributed by atoms with Crippen molar-refractivity contribution in [3.05, 3.63) is 78.1 Å². The van der Waals surface area contributed by atoms with Gasteiger partial charge < -0.3 is 24.7 Å². The summed E-state index contributed by atoms with van der Waals surface area (Å²) in [7, 11) is 1.65. The van der Waals surface area contributed by atoms with E-state index in [9.17, 15) is 4.39 Å². The van der Waals surface area contributed by atoms with Crippen LogP contribution in [0.15, 0.2) is 66.2 Å². The normalized spacial score (nSPS) is 11.1. The lowest BCUT2D eigenvalue weighted by Crippen LogP contribution is -2.37. The molecule has 0 saturated carbocycles. The summed E-state index contributed by atoms with van der Waals surface area (Å²) in [6, 6.07) is 13.0. The largest absolute Gasteiger partial charge is 0.497 e. The maximum absolute atomic E-state index is 14.5. The van der Waals surface area contributed by atoms with Crippen molar-refractivity contribution >= 4 is 29.9 Å². The molecule has 0 aliphatic carbocycles. The van der Waals surface area contributed by atoms with E-state index in [0.717, 1.165) is 29.8 Å². The summed E-state index contributed by atoms with van der Waals surface area (Å²) in [4.78, 5) is 8.60. The van der Waals surface area contributed by atoms with Gasteiger partial charge in [-0.05, 0) is 48.7 Å². The summed E-state index contributed by atoms with van der Waals surface area (Å²) in [6.45, 7) is 5.06. The molecule has 3 aromatic rings. The van der Waals surface area contributed by atoms with Crippen LogP contribution in [0.1, 0.15) is 24.5 Å². The molecule has 0 radical (unpaired) electrons. The van der Waals surface area contributed by atoms with E-state index in [2.05, 4.69) is 20.6 Å². The molecular formula is C24H31FIN5O2. The van der Waals surface area contributed by atoms with Crippen molar-refractivity contribution in [2.75, 3.05) is 26.9 Å². The molecule has 2 N–H and O–H groups in total. The van der Waals surface area contributed by atoms with Gasteiger partial charge in [-0.1, -0.05) is 18.2 Å². The topological polar surface area (TPSA) is 72.7 Å². The molecule has 0 atom stereocenters. The summed E-state index contributed by atoms with van der Waals surface area (Å²) in [5.74, 6) is 1.17. The van der Waals surface area contributed by atoms with Crippen LogP contribution in [-0.2, 0) is 17.8 Å². The minimum atomic E-state index is -0.312. The molecule has 178 valence electrons. The Balaban J connectivity index is 0.00000385. The molecule has 1 aromatic heterocycles. The lowest BCUT2D eigenvalue weighted by atomic mass is 10.2. The van der Waals surface area contributed by atoms with Crippen LogP contribution >= 0.6 is 24.0 Å². The summed E-state index contributed by atoms with van der Waals surface area (Å²) >= 11 is 0. The Morgan fingerprint density at radius 1 is 1.12 bits per heavy atom. The molecule has 1 heterocycles. The number of aromatic nitrogens is 2. The molecule has 0 aliphatic heterocycles. The van der Waals surface area contributed by atoms with Crippen molar-refractivity contribution in [3.8, 4) is 11.4 Å². The smallest absolute Gasteiger partial charge is 0.191 e. The Kier molecular flexibility index (Phi) is 11.7. The van der Waals surface area contributed by atoms with E-state index in [4.69, 9.17) is 9.47 Å². The van der Waals surface area contributed by atoms with Gasteiger partial charge in [-0.15, -0.1) is 24.0 Å². The van der Waals surface area contributed by atoms with Gasteiger partial charge in [0.25, 0.3) is 0 Å². The number of aliphatic imine (C=N–C) groups is 1. The molecule has 2 aromatic carbocycles. The number of hydrogen-bond donors (Lipinski definition) is 2. The Labute approximate surface area is 211 Å². The Morgan fingerprint density at radius 2 is 1.91 bits per heavy atom. The van der Waals surface area contributed by atoms with Gasteiger partial charge in [0.1, 0.15) is 11.6 Å². The minimum Gasteiger partial charge on any atom is -0.497 e.